The van der Waals surface area contributed by atoms with Crippen molar-refractivity contribution in [1.29, 1.82) is 0 Å². The Hall–Kier alpha value is -1.31. The van der Waals surface area contributed by atoms with E-state index in [-0.39, 0.29) is 5.82 Å². The van der Waals surface area contributed by atoms with Crippen LogP contribution in [0.15, 0.2) is 36.5 Å². The van der Waals surface area contributed by atoms with Crippen molar-refractivity contribution in [2.24, 2.45) is 0 Å². The summed E-state index contributed by atoms with van der Waals surface area (Å²) in [5.41, 5.74) is 1.16. The van der Waals surface area contributed by atoms with E-state index in [4.69, 9.17) is 0 Å². The maximum Gasteiger partial charge on any atom is 0.123 e. The number of halogens is 1. The summed E-state index contributed by atoms with van der Waals surface area (Å²) >= 11 is 0. The lowest BCUT2D eigenvalue weighted by atomic mass is 10.0. The number of nitrogens with one attached hydrogen (secondary N) is 1. The van der Waals surface area contributed by atoms with Crippen LogP contribution >= 0.6 is 0 Å². The van der Waals surface area contributed by atoms with Crippen molar-refractivity contribution >= 4 is 0 Å². The summed E-state index contributed by atoms with van der Waals surface area (Å²) < 4.78 is 12.6. The third kappa shape index (κ3) is 1.89. The van der Waals surface area contributed by atoms with Gasteiger partial charge in [-0.1, -0.05) is 18.2 Å². The first-order chi connectivity index (χ1) is 6.36. The Morgan fingerprint density at radius 3 is 2.62 bits per heavy atom. The van der Waals surface area contributed by atoms with E-state index in [0.29, 0.717) is 6.04 Å². The van der Waals surface area contributed by atoms with Gasteiger partial charge in [0.15, 0.2) is 0 Å². The van der Waals surface area contributed by atoms with Crippen LogP contribution in [0.2, 0.25) is 0 Å². The Bertz CT molecular complexity index is 302. The fourth-order valence-corrected chi connectivity index (χ4v) is 1.57. The standard InChI is InChI=1S/C11H12FN/c12-10-6-4-9(5-7-10)11-3-1-2-8-13-11/h2,4-8,11,13H,1,3H2/t11-/m0/s1. The monoisotopic (exact) mass is 177 g/mol. The van der Waals surface area contributed by atoms with Crippen molar-refractivity contribution in [3.8, 4) is 0 Å². The molecular formula is C11H12FN. The molecule has 1 aromatic rings. The molecule has 1 heterocycles. The fourth-order valence-electron chi connectivity index (χ4n) is 1.57. The van der Waals surface area contributed by atoms with Crippen molar-refractivity contribution in [2.75, 3.05) is 0 Å². The zero-order valence-corrected chi connectivity index (χ0v) is 7.33. The van der Waals surface area contributed by atoms with Crippen molar-refractivity contribution in [1.82, 2.24) is 5.32 Å². The number of hydrogen-bond donors (Lipinski definition) is 1. The van der Waals surface area contributed by atoms with Crippen LogP contribution in [0, 0.1) is 5.82 Å². The molecule has 0 spiro atoms. The Labute approximate surface area is 77.3 Å². The van der Waals surface area contributed by atoms with E-state index in [1.54, 1.807) is 0 Å². The van der Waals surface area contributed by atoms with Crippen molar-refractivity contribution in [3.05, 3.63) is 47.9 Å². The summed E-state index contributed by atoms with van der Waals surface area (Å²) in [5, 5.41) is 3.25. The van der Waals surface area contributed by atoms with Gasteiger partial charge in [0, 0.05) is 0 Å². The molecule has 1 aromatic carbocycles. The first-order valence-electron chi connectivity index (χ1n) is 4.53. The van der Waals surface area contributed by atoms with E-state index in [9.17, 15) is 4.39 Å². The molecule has 1 N–H and O–H groups in total. The quantitative estimate of drug-likeness (QED) is 0.695. The van der Waals surface area contributed by atoms with Gasteiger partial charge >= 0.3 is 0 Å². The lowest BCUT2D eigenvalue weighted by Gasteiger charge is -2.20. The van der Waals surface area contributed by atoms with Crippen LogP contribution < -0.4 is 5.32 Å². The summed E-state index contributed by atoms with van der Waals surface area (Å²) in [4.78, 5) is 0. The van der Waals surface area contributed by atoms with E-state index in [1.807, 2.05) is 18.3 Å². The van der Waals surface area contributed by atoms with Crippen molar-refractivity contribution < 1.29 is 4.39 Å². The minimum Gasteiger partial charge on any atom is -0.384 e. The molecule has 0 saturated heterocycles. The van der Waals surface area contributed by atoms with Gasteiger partial charge in [0.25, 0.3) is 0 Å². The van der Waals surface area contributed by atoms with Gasteiger partial charge in [-0.05, 0) is 36.7 Å². The maximum atomic E-state index is 12.6. The highest BCUT2D eigenvalue weighted by Gasteiger charge is 2.10. The van der Waals surface area contributed by atoms with E-state index >= 15 is 0 Å². The Balaban J connectivity index is 2.15. The third-order valence-corrected chi connectivity index (χ3v) is 2.31. The molecule has 1 nitrogen and oxygen atoms in total. The van der Waals surface area contributed by atoms with Gasteiger partial charge in [-0.25, -0.2) is 4.39 Å². The van der Waals surface area contributed by atoms with Gasteiger partial charge in [-0.2, -0.15) is 0 Å². The van der Waals surface area contributed by atoms with Crippen molar-refractivity contribution in [2.45, 2.75) is 18.9 Å². The molecule has 1 aliphatic heterocycles. The van der Waals surface area contributed by atoms with Crippen LogP contribution in [-0.4, -0.2) is 0 Å². The molecule has 1 atom stereocenters. The second-order valence-electron chi connectivity index (χ2n) is 3.25. The van der Waals surface area contributed by atoms with Gasteiger partial charge in [-0.3, -0.25) is 0 Å². The van der Waals surface area contributed by atoms with E-state index in [1.165, 1.54) is 12.1 Å². The normalized spacial score (nSPS) is 21.2. The molecule has 0 amide bonds. The topological polar surface area (TPSA) is 12.0 Å². The van der Waals surface area contributed by atoms with Gasteiger partial charge in [0.1, 0.15) is 5.82 Å². The highest BCUT2D eigenvalue weighted by molar-refractivity contribution is 5.21. The van der Waals surface area contributed by atoms with Crippen LogP contribution in [0.5, 0.6) is 0 Å². The highest BCUT2D eigenvalue weighted by Crippen LogP contribution is 2.21. The largest absolute Gasteiger partial charge is 0.384 e. The van der Waals surface area contributed by atoms with E-state index in [0.717, 1.165) is 18.4 Å². The lowest BCUT2D eigenvalue weighted by molar-refractivity contribution is 0.550. The summed E-state index contributed by atoms with van der Waals surface area (Å²) in [7, 11) is 0. The highest BCUT2D eigenvalue weighted by atomic mass is 19.1. The molecule has 0 saturated carbocycles. The average molecular weight is 177 g/mol. The zero-order chi connectivity index (χ0) is 9.10. The molecule has 2 rings (SSSR count). The Morgan fingerprint density at radius 1 is 1.23 bits per heavy atom. The molecule has 1 aliphatic rings. The molecule has 0 fully saturated rings. The van der Waals surface area contributed by atoms with Crippen LogP contribution in [-0.2, 0) is 0 Å². The predicted octanol–water partition coefficient (Wildman–Crippen LogP) is 2.76. The molecular weight excluding hydrogens is 165 g/mol. The SMILES string of the molecule is Fc1ccc([C@@H]2CCC=CN2)cc1. The summed E-state index contributed by atoms with van der Waals surface area (Å²) in [6, 6.07) is 7.05. The van der Waals surface area contributed by atoms with Gasteiger partial charge in [0.05, 0.1) is 6.04 Å². The number of benzene rings is 1. The number of allylic oxidation sites excluding steroid dienone is 1. The summed E-state index contributed by atoms with van der Waals surface area (Å²) in [5.74, 6) is -0.171. The average Bonchev–Trinajstić information content (AvgIpc) is 2.20. The maximum absolute atomic E-state index is 12.6. The van der Waals surface area contributed by atoms with Crippen LogP contribution in [0.25, 0.3) is 0 Å². The summed E-state index contributed by atoms with van der Waals surface area (Å²) in [6.07, 6.45) is 6.26. The molecule has 0 aliphatic carbocycles. The fraction of sp³-hybridized carbons (Fsp3) is 0.273. The lowest BCUT2D eigenvalue weighted by Crippen LogP contribution is -2.17. The molecule has 0 bridgehead atoms. The van der Waals surface area contributed by atoms with Crippen LogP contribution in [0.1, 0.15) is 24.4 Å². The van der Waals surface area contributed by atoms with E-state index < -0.39 is 0 Å². The third-order valence-electron chi connectivity index (χ3n) is 2.31. The van der Waals surface area contributed by atoms with Crippen LogP contribution in [0.4, 0.5) is 4.39 Å². The smallest absolute Gasteiger partial charge is 0.123 e. The minimum atomic E-state index is -0.171. The first kappa shape index (κ1) is 8.30. The molecule has 0 aromatic heterocycles. The molecule has 0 unspecified atom stereocenters. The molecule has 2 heteroatoms. The second kappa shape index (κ2) is 3.60. The van der Waals surface area contributed by atoms with Gasteiger partial charge < -0.3 is 5.32 Å². The number of hydrogen-bond acceptors (Lipinski definition) is 1. The summed E-state index contributed by atoms with van der Waals surface area (Å²) in [6.45, 7) is 0. The Morgan fingerprint density at radius 2 is 2.00 bits per heavy atom. The first-order valence-corrected chi connectivity index (χ1v) is 4.53. The minimum absolute atomic E-state index is 0.171. The molecule has 0 radical (unpaired) electrons. The number of rotatable bonds is 1. The molecule has 13 heavy (non-hydrogen) atoms. The molecule has 68 valence electrons. The predicted molar refractivity (Wildman–Crippen MR) is 50.7 cm³/mol. The van der Waals surface area contributed by atoms with E-state index in [2.05, 4.69) is 11.4 Å². The zero-order valence-electron chi connectivity index (χ0n) is 7.33. The van der Waals surface area contributed by atoms with Gasteiger partial charge in [0.2, 0.25) is 0 Å². The van der Waals surface area contributed by atoms with Gasteiger partial charge in [-0.15, -0.1) is 0 Å². The van der Waals surface area contributed by atoms with Crippen molar-refractivity contribution in [3.63, 3.8) is 0 Å². The Kier molecular flexibility index (Phi) is 2.30. The second-order valence-corrected chi connectivity index (χ2v) is 3.25. The van der Waals surface area contributed by atoms with Crippen LogP contribution in [0.3, 0.4) is 0 Å².